The van der Waals surface area contributed by atoms with Gasteiger partial charge >= 0.3 is 0 Å². The first-order chi connectivity index (χ1) is 12.9. The number of anilines is 2. The summed E-state index contributed by atoms with van der Waals surface area (Å²) in [5.41, 5.74) is 2.16. The maximum Gasteiger partial charge on any atom is 0.264 e. The van der Waals surface area contributed by atoms with E-state index in [0.717, 1.165) is 5.56 Å². The summed E-state index contributed by atoms with van der Waals surface area (Å²) >= 11 is 0. The van der Waals surface area contributed by atoms with Gasteiger partial charge in [0.25, 0.3) is 15.9 Å². The molecule has 0 fully saturated rings. The Hall–Kier alpha value is -3.12. The summed E-state index contributed by atoms with van der Waals surface area (Å²) in [4.78, 5) is 12.8. The number of rotatable bonds is 5. The molecule has 0 aromatic heterocycles. The molecule has 6 heteroatoms. The van der Waals surface area contributed by atoms with E-state index in [9.17, 15) is 13.2 Å². The first kappa shape index (κ1) is 18.7. The second kappa shape index (κ2) is 7.63. The van der Waals surface area contributed by atoms with E-state index in [1.807, 2.05) is 31.2 Å². The zero-order valence-corrected chi connectivity index (χ0v) is 15.9. The number of carbonyl (C=O) groups excluding carboxylic acids is 1. The minimum atomic E-state index is -3.90. The van der Waals surface area contributed by atoms with Crippen molar-refractivity contribution in [2.24, 2.45) is 0 Å². The van der Waals surface area contributed by atoms with Crippen molar-refractivity contribution < 1.29 is 13.2 Å². The minimum absolute atomic E-state index is 0.0394. The van der Waals surface area contributed by atoms with Crippen LogP contribution in [0.4, 0.5) is 11.4 Å². The SMILES string of the molecule is Cc1ccccc1NC(=O)c1ccccc1S(=O)(=O)N(C)c1ccccc1. The van der Waals surface area contributed by atoms with Crippen molar-refractivity contribution >= 4 is 27.3 Å². The number of hydrogen-bond donors (Lipinski definition) is 1. The Kier molecular flexibility index (Phi) is 5.28. The molecule has 0 aliphatic heterocycles. The van der Waals surface area contributed by atoms with Crippen molar-refractivity contribution in [2.45, 2.75) is 11.8 Å². The van der Waals surface area contributed by atoms with Crippen LogP contribution in [0.1, 0.15) is 15.9 Å². The number of benzene rings is 3. The van der Waals surface area contributed by atoms with Crippen LogP contribution in [-0.4, -0.2) is 21.4 Å². The van der Waals surface area contributed by atoms with Crippen LogP contribution in [0.3, 0.4) is 0 Å². The van der Waals surface area contributed by atoms with Gasteiger partial charge in [-0.1, -0.05) is 48.5 Å². The van der Waals surface area contributed by atoms with Gasteiger partial charge in [0.2, 0.25) is 0 Å². The highest BCUT2D eigenvalue weighted by molar-refractivity contribution is 7.92. The van der Waals surface area contributed by atoms with Crippen molar-refractivity contribution in [3.63, 3.8) is 0 Å². The Morgan fingerprint density at radius 1 is 0.852 bits per heavy atom. The largest absolute Gasteiger partial charge is 0.322 e. The molecule has 0 atom stereocenters. The Bertz CT molecular complexity index is 1060. The third kappa shape index (κ3) is 3.85. The maximum atomic E-state index is 13.1. The third-order valence-electron chi connectivity index (χ3n) is 4.28. The van der Waals surface area contributed by atoms with Crippen molar-refractivity contribution in [2.75, 3.05) is 16.7 Å². The lowest BCUT2D eigenvalue weighted by Crippen LogP contribution is -2.29. The van der Waals surface area contributed by atoms with Gasteiger partial charge in [0.15, 0.2) is 0 Å². The van der Waals surface area contributed by atoms with E-state index >= 15 is 0 Å². The summed E-state index contributed by atoms with van der Waals surface area (Å²) in [6.07, 6.45) is 0. The number of carbonyl (C=O) groups is 1. The molecular formula is C21H20N2O3S. The summed E-state index contributed by atoms with van der Waals surface area (Å²) in [6, 6.07) is 22.3. The number of amides is 1. The van der Waals surface area contributed by atoms with Gasteiger partial charge in [0.1, 0.15) is 4.90 Å². The average Bonchev–Trinajstić information content (AvgIpc) is 2.69. The number of aryl methyl sites for hydroxylation is 1. The highest BCUT2D eigenvalue weighted by Gasteiger charge is 2.26. The normalized spacial score (nSPS) is 11.0. The smallest absolute Gasteiger partial charge is 0.264 e. The molecule has 0 heterocycles. The number of sulfonamides is 1. The average molecular weight is 380 g/mol. The minimum Gasteiger partial charge on any atom is -0.322 e. The Balaban J connectivity index is 1.98. The first-order valence-electron chi connectivity index (χ1n) is 8.41. The van der Waals surface area contributed by atoms with Gasteiger partial charge in [-0.2, -0.15) is 0 Å². The highest BCUT2D eigenvalue weighted by atomic mass is 32.2. The van der Waals surface area contributed by atoms with E-state index in [0.29, 0.717) is 11.4 Å². The van der Waals surface area contributed by atoms with Gasteiger partial charge in [-0.25, -0.2) is 8.42 Å². The molecule has 0 bridgehead atoms. The molecule has 3 rings (SSSR count). The van der Waals surface area contributed by atoms with Gasteiger partial charge in [0, 0.05) is 12.7 Å². The van der Waals surface area contributed by atoms with E-state index in [2.05, 4.69) is 5.32 Å². The maximum absolute atomic E-state index is 13.1. The molecule has 27 heavy (non-hydrogen) atoms. The Morgan fingerprint density at radius 3 is 2.15 bits per heavy atom. The second-order valence-electron chi connectivity index (χ2n) is 6.07. The van der Waals surface area contributed by atoms with Crippen LogP contribution in [0.15, 0.2) is 83.8 Å². The van der Waals surface area contributed by atoms with Gasteiger partial charge in [-0.05, 0) is 42.8 Å². The van der Waals surface area contributed by atoms with Crippen LogP contribution in [0.2, 0.25) is 0 Å². The fraction of sp³-hybridized carbons (Fsp3) is 0.0952. The molecular weight excluding hydrogens is 360 g/mol. The number of hydrogen-bond acceptors (Lipinski definition) is 3. The molecule has 5 nitrogen and oxygen atoms in total. The number of nitrogens with one attached hydrogen (secondary N) is 1. The summed E-state index contributed by atoms with van der Waals surface area (Å²) in [5.74, 6) is -0.468. The summed E-state index contributed by atoms with van der Waals surface area (Å²) in [6.45, 7) is 1.88. The Labute approximate surface area is 159 Å². The van der Waals surface area contributed by atoms with Crippen LogP contribution >= 0.6 is 0 Å². The molecule has 0 radical (unpaired) electrons. The van der Waals surface area contributed by atoms with Gasteiger partial charge in [-0.15, -0.1) is 0 Å². The highest BCUT2D eigenvalue weighted by Crippen LogP contribution is 2.25. The fourth-order valence-corrected chi connectivity index (χ4v) is 4.09. The van der Waals surface area contributed by atoms with E-state index < -0.39 is 15.9 Å². The van der Waals surface area contributed by atoms with Crippen molar-refractivity contribution in [1.82, 2.24) is 0 Å². The topological polar surface area (TPSA) is 66.5 Å². The predicted octanol–water partition coefficient (Wildman–Crippen LogP) is 4.07. The third-order valence-corrected chi connectivity index (χ3v) is 6.13. The van der Waals surface area contributed by atoms with Crippen LogP contribution in [0.5, 0.6) is 0 Å². The summed E-state index contributed by atoms with van der Waals surface area (Å²) < 4.78 is 27.4. The standard InChI is InChI=1S/C21H20N2O3S/c1-16-10-6-8-14-19(16)22-21(24)18-13-7-9-15-20(18)27(25,26)23(2)17-11-4-3-5-12-17/h3-15H,1-2H3,(H,22,24). The lowest BCUT2D eigenvalue weighted by molar-refractivity contribution is 0.102. The molecule has 0 saturated carbocycles. The van der Waals surface area contributed by atoms with Gasteiger partial charge in [-0.3, -0.25) is 9.10 Å². The monoisotopic (exact) mass is 380 g/mol. The summed E-state index contributed by atoms with van der Waals surface area (Å²) in [7, 11) is -2.42. The second-order valence-corrected chi connectivity index (χ2v) is 8.01. The molecule has 138 valence electrons. The molecule has 3 aromatic carbocycles. The van der Waals surface area contributed by atoms with Crippen LogP contribution in [-0.2, 0) is 10.0 Å². The molecule has 0 saturated heterocycles. The Morgan fingerprint density at radius 2 is 1.44 bits per heavy atom. The molecule has 0 aliphatic rings. The van der Waals surface area contributed by atoms with Gasteiger partial charge in [0.05, 0.1) is 11.3 Å². The number of para-hydroxylation sites is 2. The lowest BCUT2D eigenvalue weighted by atomic mass is 10.1. The predicted molar refractivity (Wildman–Crippen MR) is 108 cm³/mol. The summed E-state index contributed by atoms with van der Waals surface area (Å²) in [5, 5.41) is 2.80. The van der Waals surface area contributed by atoms with Crippen LogP contribution in [0, 0.1) is 6.92 Å². The molecule has 0 aliphatic carbocycles. The first-order valence-corrected chi connectivity index (χ1v) is 9.85. The van der Waals surface area contributed by atoms with Crippen molar-refractivity contribution in [1.29, 1.82) is 0 Å². The van der Waals surface area contributed by atoms with Crippen molar-refractivity contribution in [3.05, 3.63) is 90.0 Å². The fourth-order valence-electron chi connectivity index (χ4n) is 2.71. The zero-order valence-electron chi connectivity index (χ0n) is 15.1. The molecule has 1 amide bonds. The number of nitrogens with zero attached hydrogens (tertiary/aromatic N) is 1. The van der Waals surface area contributed by atoms with E-state index in [4.69, 9.17) is 0 Å². The van der Waals surface area contributed by atoms with E-state index in [1.165, 1.54) is 23.5 Å². The lowest BCUT2D eigenvalue weighted by Gasteiger charge is -2.21. The van der Waals surface area contributed by atoms with E-state index in [-0.39, 0.29) is 10.5 Å². The molecule has 3 aromatic rings. The molecule has 0 spiro atoms. The zero-order chi connectivity index (χ0) is 19.4. The quantitative estimate of drug-likeness (QED) is 0.725. The molecule has 0 unspecified atom stereocenters. The van der Waals surface area contributed by atoms with Crippen LogP contribution < -0.4 is 9.62 Å². The van der Waals surface area contributed by atoms with E-state index in [1.54, 1.807) is 42.5 Å². The molecule has 1 N–H and O–H groups in total. The van der Waals surface area contributed by atoms with Gasteiger partial charge < -0.3 is 5.32 Å². The van der Waals surface area contributed by atoms with Crippen molar-refractivity contribution in [3.8, 4) is 0 Å². The van der Waals surface area contributed by atoms with Crippen LogP contribution in [0.25, 0.3) is 0 Å².